The van der Waals surface area contributed by atoms with Crippen molar-refractivity contribution >= 4 is 28.5 Å². The van der Waals surface area contributed by atoms with E-state index in [2.05, 4.69) is 11.4 Å². The number of hydrogen-bond donors (Lipinski definition) is 2. The number of carboxylic acid groups (broad SMARTS) is 1. The summed E-state index contributed by atoms with van der Waals surface area (Å²) in [4.78, 5) is 35.4. The van der Waals surface area contributed by atoms with Crippen molar-refractivity contribution in [3.63, 3.8) is 0 Å². The van der Waals surface area contributed by atoms with E-state index in [-0.39, 0.29) is 12.5 Å². The van der Waals surface area contributed by atoms with Crippen molar-refractivity contribution in [3.05, 3.63) is 70.1 Å². The number of halogens is 3. The number of carboxylic acids is 1. The number of benzene rings is 2. The molecule has 3 aromatic rings. The second-order valence-electron chi connectivity index (χ2n) is 8.59. The highest BCUT2D eigenvalue weighted by atomic mass is 19.4. The molecule has 2 aliphatic rings. The Morgan fingerprint density at radius 1 is 1.17 bits per heavy atom. The molecule has 2 atom stereocenters. The maximum absolute atomic E-state index is 13.0. The normalized spacial score (nSPS) is 18.6. The number of para-hydroxylation sites is 1. The van der Waals surface area contributed by atoms with Crippen LogP contribution in [0.1, 0.15) is 17.0 Å². The Kier molecular flexibility index (Phi) is 7.02. The molecule has 8 nitrogen and oxygen atoms in total. The van der Waals surface area contributed by atoms with Crippen molar-refractivity contribution in [2.24, 2.45) is 5.92 Å². The molecular formula is C25H23F3N2O6. The lowest BCUT2D eigenvalue weighted by Crippen LogP contribution is -2.43. The minimum absolute atomic E-state index is 0.0687. The number of nitrogens with zero attached hydrogens (tertiary/aromatic N) is 1. The van der Waals surface area contributed by atoms with E-state index in [1.165, 1.54) is 11.6 Å². The number of alkyl halides is 3. The lowest BCUT2D eigenvalue weighted by molar-refractivity contribution is -0.192. The highest BCUT2D eigenvalue weighted by Gasteiger charge is 2.39. The predicted octanol–water partition coefficient (Wildman–Crippen LogP) is 3.46. The molecule has 1 aromatic heterocycles. The molecule has 0 aliphatic carbocycles. The highest BCUT2D eigenvalue weighted by molar-refractivity contribution is 5.96. The van der Waals surface area contributed by atoms with E-state index >= 15 is 0 Å². The highest BCUT2D eigenvalue weighted by Crippen LogP contribution is 2.40. The Morgan fingerprint density at radius 2 is 1.89 bits per heavy atom. The van der Waals surface area contributed by atoms with Gasteiger partial charge in [-0.15, -0.1) is 0 Å². The molecule has 5 rings (SSSR count). The van der Waals surface area contributed by atoms with Crippen LogP contribution < -0.4 is 20.6 Å². The van der Waals surface area contributed by atoms with Crippen LogP contribution in [0.4, 0.5) is 18.9 Å². The zero-order chi connectivity index (χ0) is 26.0. The zero-order valence-corrected chi connectivity index (χ0v) is 19.2. The number of hydrogen-bond acceptors (Lipinski definition) is 6. The molecule has 11 heteroatoms. The molecule has 0 bridgehead atoms. The number of ether oxygens (including phenoxy) is 1. The fraction of sp³-hybridized carbons (Fsp3) is 0.320. The average molecular weight is 504 g/mol. The van der Waals surface area contributed by atoms with Gasteiger partial charge in [-0.25, -0.2) is 9.59 Å². The maximum Gasteiger partial charge on any atom is 0.490 e. The maximum atomic E-state index is 13.0. The van der Waals surface area contributed by atoms with Gasteiger partial charge in [-0.3, -0.25) is 4.79 Å². The molecule has 1 amide bonds. The van der Waals surface area contributed by atoms with Gasteiger partial charge in [0.15, 0.2) is 6.61 Å². The van der Waals surface area contributed by atoms with Crippen molar-refractivity contribution in [3.8, 4) is 5.75 Å². The van der Waals surface area contributed by atoms with E-state index in [0.29, 0.717) is 29.7 Å². The number of aliphatic carboxylic acids is 1. The van der Waals surface area contributed by atoms with Crippen LogP contribution in [-0.4, -0.2) is 49.4 Å². The van der Waals surface area contributed by atoms with Crippen LogP contribution in [0.25, 0.3) is 11.0 Å². The van der Waals surface area contributed by atoms with Crippen LogP contribution in [0.15, 0.2) is 57.7 Å². The van der Waals surface area contributed by atoms with Gasteiger partial charge in [-0.1, -0.05) is 18.2 Å². The van der Waals surface area contributed by atoms with E-state index in [4.69, 9.17) is 19.1 Å². The second-order valence-corrected chi connectivity index (χ2v) is 8.59. The van der Waals surface area contributed by atoms with Crippen LogP contribution in [0, 0.1) is 12.8 Å². The fourth-order valence-corrected chi connectivity index (χ4v) is 4.52. The van der Waals surface area contributed by atoms with E-state index in [1.54, 1.807) is 12.1 Å². The molecule has 2 unspecified atom stereocenters. The number of fused-ring (bicyclic) bond motifs is 4. The molecule has 190 valence electrons. The van der Waals surface area contributed by atoms with Crippen molar-refractivity contribution in [2.45, 2.75) is 19.0 Å². The molecule has 0 saturated carbocycles. The largest absolute Gasteiger partial charge is 0.490 e. The van der Waals surface area contributed by atoms with Crippen LogP contribution >= 0.6 is 0 Å². The van der Waals surface area contributed by atoms with Crippen molar-refractivity contribution in [2.75, 3.05) is 31.1 Å². The summed E-state index contributed by atoms with van der Waals surface area (Å²) in [6.07, 6.45) is -5.08. The number of rotatable bonds is 3. The summed E-state index contributed by atoms with van der Waals surface area (Å²) >= 11 is 0. The van der Waals surface area contributed by atoms with E-state index < -0.39 is 17.8 Å². The average Bonchev–Trinajstić information content (AvgIpc) is 3.30. The Hall–Kier alpha value is -3.86. The van der Waals surface area contributed by atoms with Gasteiger partial charge in [0.05, 0.1) is 0 Å². The van der Waals surface area contributed by atoms with Crippen LogP contribution in [0.5, 0.6) is 5.75 Å². The SMILES string of the molecule is Cc1cc(=O)oc2cc(OCC(=O)N3CC4CNCC4c4ccccc43)ccc12.O=C(O)C(F)(F)F. The quantitative estimate of drug-likeness (QED) is 0.526. The number of anilines is 1. The van der Waals surface area contributed by atoms with Crippen LogP contribution in [0.2, 0.25) is 0 Å². The van der Waals surface area contributed by atoms with E-state index in [0.717, 1.165) is 29.7 Å². The molecule has 0 spiro atoms. The number of amides is 1. The van der Waals surface area contributed by atoms with Crippen molar-refractivity contribution < 1.29 is 37.0 Å². The summed E-state index contributed by atoms with van der Waals surface area (Å²) in [5.41, 5.74) is 3.12. The zero-order valence-electron chi connectivity index (χ0n) is 19.2. The van der Waals surface area contributed by atoms with Crippen LogP contribution in [0.3, 0.4) is 0 Å². The second kappa shape index (κ2) is 10.0. The molecule has 36 heavy (non-hydrogen) atoms. The molecule has 2 aromatic carbocycles. The first-order valence-corrected chi connectivity index (χ1v) is 11.1. The van der Waals surface area contributed by atoms with E-state index in [1.807, 2.05) is 36.1 Å². The van der Waals surface area contributed by atoms with Gasteiger partial charge in [0.25, 0.3) is 5.91 Å². The van der Waals surface area contributed by atoms with Crippen molar-refractivity contribution in [1.82, 2.24) is 5.32 Å². The Morgan fingerprint density at radius 3 is 2.61 bits per heavy atom. The first-order chi connectivity index (χ1) is 17.0. The number of carbonyl (C=O) groups excluding carboxylic acids is 1. The Labute approximate surface area is 203 Å². The molecule has 0 radical (unpaired) electrons. The van der Waals surface area contributed by atoms with E-state index in [9.17, 15) is 22.8 Å². The molecule has 1 saturated heterocycles. The standard InChI is InChI=1S/C23H22N2O4.C2HF3O2/c1-14-8-23(27)29-21-9-16(6-7-17(14)21)28-13-22(26)25-12-15-10-24-11-19(15)18-4-2-3-5-20(18)25;3-2(4,5)1(6)7/h2-9,15,19,24H,10-13H2,1H3;(H,6,7). The van der Waals surface area contributed by atoms with Gasteiger partial charge < -0.3 is 24.5 Å². The van der Waals surface area contributed by atoms with Crippen molar-refractivity contribution in [1.29, 1.82) is 0 Å². The predicted molar refractivity (Wildman–Crippen MR) is 124 cm³/mol. The lowest BCUT2D eigenvalue weighted by atomic mass is 9.83. The number of carbonyl (C=O) groups is 2. The Balaban J connectivity index is 0.000000384. The topological polar surface area (TPSA) is 109 Å². The number of nitrogens with one attached hydrogen (secondary N) is 1. The van der Waals surface area contributed by atoms with Gasteiger partial charge in [-0.2, -0.15) is 13.2 Å². The summed E-state index contributed by atoms with van der Waals surface area (Å²) in [7, 11) is 0. The first kappa shape index (κ1) is 25.2. The summed E-state index contributed by atoms with van der Waals surface area (Å²) in [6.45, 7) is 4.38. The number of aryl methyl sites for hydroxylation is 1. The monoisotopic (exact) mass is 504 g/mol. The molecule has 2 N–H and O–H groups in total. The molecular weight excluding hydrogens is 481 g/mol. The van der Waals surface area contributed by atoms with Gasteiger partial charge in [-0.05, 0) is 42.2 Å². The summed E-state index contributed by atoms with van der Waals surface area (Å²) < 4.78 is 42.8. The van der Waals surface area contributed by atoms with Crippen LogP contribution in [-0.2, 0) is 9.59 Å². The van der Waals surface area contributed by atoms with Gasteiger partial charge in [0.2, 0.25) is 0 Å². The third-order valence-corrected chi connectivity index (χ3v) is 6.21. The summed E-state index contributed by atoms with van der Waals surface area (Å²) in [5.74, 6) is -1.44. The van der Waals surface area contributed by atoms with Gasteiger partial charge in [0.1, 0.15) is 11.3 Å². The molecule has 1 fully saturated rings. The minimum Gasteiger partial charge on any atom is -0.484 e. The lowest BCUT2D eigenvalue weighted by Gasteiger charge is -2.36. The minimum atomic E-state index is -5.08. The third-order valence-electron chi connectivity index (χ3n) is 6.21. The molecule has 3 heterocycles. The van der Waals surface area contributed by atoms with Gasteiger partial charge >= 0.3 is 17.8 Å². The first-order valence-electron chi connectivity index (χ1n) is 11.1. The summed E-state index contributed by atoms with van der Waals surface area (Å²) in [6, 6.07) is 14.9. The Bertz CT molecular complexity index is 1350. The smallest absolute Gasteiger partial charge is 0.484 e. The third kappa shape index (κ3) is 5.35. The summed E-state index contributed by atoms with van der Waals surface area (Å²) in [5, 5.41) is 11.4. The molecule has 2 aliphatic heterocycles. The fourth-order valence-electron chi connectivity index (χ4n) is 4.52. The van der Waals surface area contributed by atoms with Gasteiger partial charge in [0, 0.05) is 48.8 Å².